The van der Waals surface area contributed by atoms with Crippen LogP contribution >= 0.6 is 0 Å². The minimum absolute atomic E-state index is 0.0157. The lowest BCUT2D eigenvalue weighted by Crippen LogP contribution is -2.24. The molecule has 1 aliphatic rings. The first-order valence-electron chi connectivity index (χ1n) is 9.67. The third-order valence-electron chi connectivity index (χ3n) is 5.28. The van der Waals surface area contributed by atoms with Crippen LogP contribution < -0.4 is 15.1 Å². The molecule has 4 rings (SSSR count). The summed E-state index contributed by atoms with van der Waals surface area (Å²) in [6, 6.07) is 7.70. The number of carbonyl (C=O) groups is 3. The Hall–Kier alpha value is -4.14. The van der Waals surface area contributed by atoms with E-state index in [0.717, 1.165) is 0 Å². The maximum absolute atomic E-state index is 12.5. The van der Waals surface area contributed by atoms with Crippen LogP contribution in [0.1, 0.15) is 46.3 Å². The summed E-state index contributed by atoms with van der Waals surface area (Å²) < 4.78 is 16.2. The summed E-state index contributed by atoms with van der Waals surface area (Å²) >= 11 is 0. The molecule has 0 saturated heterocycles. The second kappa shape index (κ2) is 7.84. The van der Waals surface area contributed by atoms with E-state index < -0.39 is 41.6 Å². The SMILES string of the molecule is CC(=O)c1c2c(c3oc(=O)cc(C)c3c1O)C(c1ccccc1OCC(=O)O)CC(=O)O2. The number of aliphatic carboxylic acids is 1. The number of phenols is 1. The molecule has 0 bridgehead atoms. The van der Waals surface area contributed by atoms with Crippen LogP contribution in [0.15, 0.2) is 39.5 Å². The van der Waals surface area contributed by atoms with Gasteiger partial charge in [0.25, 0.3) is 0 Å². The lowest BCUT2D eigenvalue weighted by Gasteiger charge is -2.28. The van der Waals surface area contributed by atoms with Crippen molar-refractivity contribution in [1.82, 2.24) is 0 Å². The van der Waals surface area contributed by atoms with Gasteiger partial charge in [-0.15, -0.1) is 0 Å². The van der Waals surface area contributed by atoms with E-state index in [2.05, 4.69) is 0 Å². The van der Waals surface area contributed by atoms with Gasteiger partial charge in [0.15, 0.2) is 18.1 Å². The smallest absolute Gasteiger partial charge is 0.341 e. The van der Waals surface area contributed by atoms with Gasteiger partial charge in [-0.2, -0.15) is 0 Å². The third kappa shape index (κ3) is 3.47. The maximum atomic E-state index is 12.5. The monoisotopic (exact) mass is 438 g/mol. The molecule has 2 heterocycles. The molecule has 32 heavy (non-hydrogen) atoms. The molecular weight excluding hydrogens is 420 g/mol. The summed E-state index contributed by atoms with van der Waals surface area (Å²) in [5, 5.41) is 20.0. The molecule has 2 N–H and O–H groups in total. The first-order chi connectivity index (χ1) is 15.2. The fraction of sp³-hybridized carbons (Fsp3) is 0.217. The Labute approximate surface area is 180 Å². The zero-order valence-corrected chi connectivity index (χ0v) is 17.1. The van der Waals surface area contributed by atoms with Gasteiger partial charge in [-0.1, -0.05) is 18.2 Å². The topological polar surface area (TPSA) is 140 Å². The molecule has 1 atom stereocenters. The molecule has 9 nitrogen and oxygen atoms in total. The summed E-state index contributed by atoms with van der Waals surface area (Å²) in [6.07, 6.45) is -0.185. The highest BCUT2D eigenvalue weighted by Crippen LogP contribution is 2.50. The summed E-state index contributed by atoms with van der Waals surface area (Å²) in [5.74, 6) is -3.62. The zero-order chi connectivity index (χ0) is 23.2. The van der Waals surface area contributed by atoms with Crippen LogP contribution in [0.4, 0.5) is 0 Å². The molecule has 9 heteroatoms. The van der Waals surface area contributed by atoms with Gasteiger partial charge in [-0.3, -0.25) is 9.59 Å². The average Bonchev–Trinajstić information content (AvgIpc) is 2.70. The molecule has 1 aliphatic heterocycles. The van der Waals surface area contributed by atoms with Crippen LogP contribution in [0.3, 0.4) is 0 Å². The lowest BCUT2D eigenvalue weighted by atomic mass is 9.82. The summed E-state index contributed by atoms with van der Waals surface area (Å²) in [6.45, 7) is 2.20. The number of esters is 1. The van der Waals surface area contributed by atoms with Gasteiger partial charge in [0, 0.05) is 23.1 Å². The van der Waals surface area contributed by atoms with Crippen molar-refractivity contribution in [3.05, 3.63) is 63.0 Å². The molecule has 0 spiro atoms. The van der Waals surface area contributed by atoms with Gasteiger partial charge in [0.1, 0.15) is 22.6 Å². The minimum Gasteiger partial charge on any atom is -0.506 e. The second-order valence-corrected chi connectivity index (χ2v) is 7.43. The van der Waals surface area contributed by atoms with E-state index in [0.29, 0.717) is 11.1 Å². The van der Waals surface area contributed by atoms with Crippen molar-refractivity contribution in [1.29, 1.82) is 0 Å². The van der Waals surface area contributed by atoms with Crippen molar-refractivity contribution in [2.45, 2.75) is 26.2 Å². The van der Waals surface area contributed by atoms with Crippen molar-refractivity contribution < 1.29 is 38.5 Å². The average molecular weight is 438 g/mol. The number of carboxylic acids is 1. The number of fused-ring (bicyclic) bond motifs is 3. The van der Waals surface area contributed by atoms with Gasteiger partial charge in [-0.05, 0) is 25.5 Å². The third-order valence-corrected chi connectivity index (χ3v) is 5.28. The molecule has 0 amide bonds. The number of carbonyl (C=O) groups excluding carboxylic acids is 2. The van der Waals surface area contributed by atoms with Crippen molar-refractivity contribution in [3.63, 3.8) is 0 Å². The first kappa shape index (κ1) is 21.1. The van der Waals surface area contributed by atoms with Crippen molar-refractivity contribution in [2.75, 3.05) is 6.61 Å². The maximum Gasteiger partial charge on any atom is 0.341 e. The first-order valence-corrected chi connectivity index (χ1v) is 9.67. The molecule has 0 fully saturated rings. The molecule has 3 aromatic rings. The van der Waals surface area contributed by atoms with Crippen LogP contribution in [0.2, 0.25) is 0 Å². The number of aromatic hydroxyl groups is 1. The molecule has 0 radical (unpaired) electrons. The fourth-order valence-corrected chi connectivity index (χ4v) is 4.04. The molecular formula is C23H18O9. The fourth-order valence-electron chi connectivity index (χ4n) is 4.04. The molecule has 0 saturated carbocycles. The van der Waals surface area contributed by atoms with E-state index in [-0.39, 0.29) is 40.0 Å². The Morgan fingerprint density at radius 2 is 1.94 bits per heavy atom. The van der Waals surface area contributed by atoms with E-state index in [1.165, 1.54) is 13.0 Å². The number of hydrogen-bond acceptors (Lipinski definition) is 8. The molecule has 1 unspecified atom stereocenters. The number of rotatable bonds is 5. The van der Waals surface area contributed by atoms with Gasteiger partial charge in [0.2, 0.25) is 0 Å². The standard InChI is InChI=1S/C23H18O9/c1-10-7-16(27)31-22-18(10)21(29)19(11(2)24)23-20(22)13(8-17(28)32-23)12-5-3-4-6-14(12)30-9-15(25)26/h3-7,13,29H,8-9H2,1-2H3,(H,25,26). The summed E-state index contributed by atoms with van der Waals surface area (Å²) in [5.41, 5.74) is 0.153. The van der Waals surface area contributed by atoms with Crippen LogP contribution in [0, 0.1) is 6.92 Å². The number of carboxylic acid groups (broad SMARTS) is 1. The number of Topliss-reactive ketones (excluding diaryl/α,β-unsaturated/α-hetero) is 1. The van der Waals surface area contributed by atoms with E-state index >= 15 is 0 Å². The number of phenolic OH excluding ortho intramolecular Hbond substituents is 1. The number of benzene rings is 2. The Balaban J connectivity index is 2.09. The second-order valence-electron chi connectivity index (χ2n) is 7.43. The highest BCUT2D eigenvalue weighted by atomic mass is 16.5. The number of hydrogen-bond donors (Lipinski definition) is 2. The zero-order valence-electron chi connectivity index (χ0n) is 17.1. The lowest BCUT2D eigenvalue weighted by molar-refractivity contribution is -0.139. The van der Waals surface area contributed by atoms with Gasteiger partial charge < -0.3 is 24.1 Å². The van der Waals surface area contributed by atoms with E-state index in [9.17, 15) is 24.3 Å². The number of aryl methyl sites for hydroxylation is 1. The largest absolute Gasteiger partial charge is 0.506 e. The van der Waals surface area contributed by atoms with Gasteiger partial charge >= 0.3 is 17.6 Å². The van der Waals surface area contributed by atoms with Crippen molar-refractivity contribution >= 4 is 28.7 Å². The Morgan fingerprint density at radius 3 is 2.62 bits per heavy atom. The molecule has 0 aliphatic carbocycles. The number of ketones is 1. The van der Waals surface area contributed by atoms with Crippen molar-refractivity contribution in [3.8, 4) is 17.2 Å². The van der Waals surface area contributed by atoms with Gasteiger partial charge in [-0.25, -0.2) is 9.59 Å². The summed E-state index contributed by atoms with van der Waals surface area (Å²) in [7, 11) is 0. The predicted octanol–water partition coefficient (Wildman–Crippen LogP) is 2.91. The Morgan fingerprint density at radius 1 is 1.22 bits per heavy atom. The highest BCUT2D eigenvalue weighted by molar-refractivity contribution is 6.09. The van der Waals surface area contributed by atoms with E-state index in [1.807, 2.05) is 0 Å². The number of para-hydroxylation sites is 1. The quantitative estimate of drug-likeness (QED) is 0.266. The van der Waals surface area contributed by atoms with Crippen molar-refractivity contribution in [2.24, 2.45) is 0 Å². The summed E-state index contributed by atoms with van der Waals surface area (Å²) in [4.78, 5) is 48.1. The highest BCUT2D eigenvalue weighted by Gasteiger charge is 2.38. The van der Waals surface area contributed by atoms with Gasteiger partial charge in [0.05, 0.1) is 11.8 Å². The minimum atomic E-state index is -1.18. The number of ether oxygens (including phenoxy) is 2. The van der Waals surface area contributed by atoms with Crippen LogP contribution in [0.25, 0.3) is 11.0 Å². The Kier molecular flexibility index (Phi) is 5.17. The predicted molar refractivity (Wildman–Crippen MR) is 111 cm³/mol. The van der Waals surface area contributed by atoms with Crippen LogP contribution in [-0.4, -0.2) is 34.5 Å². The molecule has 1 aromatic heterocycles. The molecule has 164 valence electrons. The molecule has 2 aromatic carbocycles. The van der Waals surface area contributed by atoms with Crippen LogP contribution in [-0.2, 0) is 9.59 Å². The van der Waals surface area contributed by atoms with E-state index in [4.69, 9.17) is 19.0 Å². The normalized spacial score (nSPS) is 15.2. The Bertz CT molecular complexity index is 1350. The van der Waals surface area contributed by atoms with Crippen LogP contribution in [0.5, 0.6) is 17.2 Å². The van der Waals surface area contributed by atoms with E-state index in [1.54, 1.807) is 31.2 Å².